The van der Waals surface area contributed by atoms with E-state index in [4.69, 9.17) is 0 Å². The number of phenols is 1. The second kappa shape index (κ2) is 5.26. The second-order valence-electron chi connectivity index (χ2n) is 4.38. The third kappa shape index (κ3) is 2.52. The van der Waals surface area contributed by atoms with Gasteiger partial charge in [-0.15, -0.1) is 0 Å². The molecule has 5 nitrogen and oxygen atoms in total. The zero-order valence-electron chi connectivity index (χ0n) is 10.5. The molecule has 1 saturated heterocycles. The number of carbonyl (C=O) groups excluding carboxylic acids is 2. The highest BCUT2D eigenvalue weighted by Crippen LogP contribution is 2.22. The maximum absolute atomic E-state index is 12.9. The van der Waals surface area contributed by atoms with Gasteiger partial charge in [-0.2, -0.15) is 0 Å². The van der Waals surface area contributed by atoms with Crippen LogP contribution in [0.1, 0.15) is 23.7 Å². The van der Waals surface area contributed by atoms with Gasteiger partial charge in [-0.3, -0.25) is 9.59 Å². The first kappa shape index (κ1) is 13.3. The van der Waals surface area contributed by atoms with Crippen molar-refractivity contribution in [1.82, 2.24) is 10.2 Å². The molecule has 6 heteroatoms. The Morgan fingerprint density at radius 2 is 2.32 bits per heavy atom. The summed E-state index contributed by atoms with van der Waals surface area (Å²) in [4.78, 5) is 25.4. The molecule has 1 heterocycles. The van der Waals surface area contributed by atoms with Crippen LogP contribution < -0.4 is 5.32 Å². The highest BCUT2D eigenvalue weighted by Gasteiger charge is 2.32. The van der Waals surface area contributed by atoms with Crippen molar-refractivity contribution >= 4 is 11.8 Å². The number of carbonyl (C=O) groups is 2. The third-order valence-corrected chi connectivity index (χ3v) is 3.17. The predicted molar refractivity (Wildman–Crippen MR) is 66.2 cm³/mol. The molecule has 1 aromatic rings. The Hall–Kier alpha value is -2.11. The third-order valence-electron chi connectivity index (χ3n) is 3.17. The summed E-state index contributed by atoms with van der Waals surface area (Å²) in [7, 11) is 0. The number of benzene rings is 1. The van der Waals surface area contributed by atoms with E-state index in [0.717, 1.165) is 12.1 Å². The van der Waals surface area contributed by atoms with E-state index in [1.807, 2.05) is 0 Å². The lowest BCUT2D eigenvalue weighted by Gasteiger charge is -2.34. The second-order valence-corrected chi connectivity index (χ2v) is 4.38. The molecule has 0 bridgehead atoms. The van der Waals surface area contributed by atoms with Gasteiger partial charge in [0.2, 0.25) is 5.91 Å². The van der Waals surface area contributed by atoms with Gasteiger partial charge in [0.1, 0.15) is 17.6 Å². The van der Waals surface area contributed by atoms with Crippen molar-refractivity contribution in [1.29, 1.82) is 0 Å². The molecule has 19 heavy (non-hydrogen) atoms. The Morgan fingerprint density at radius 3 is 2.95 bits per heavy atom. The fourth-order valence-corrected chi connectivity index (χ4v) is 2.20. The number of hydrogen-bond acceptors (Lipinski definition) is 3. The van der Waals surface area contributed by atoms with E-state index in [2.05, 4.69) is 5.32 Å². The average molecular weight is 266 g/mol. The molecule has 0 saturated carbocycles. The molecule has 1 fully saturated rings. The summed E-state index contributed by atoms with van der Waals surface area (Å²) in [6, 6.07) is 2.67. The maximum Gasteiger partial charge on any atom is 0.258 e. The van der Waals surface area contributed by atoms with E-state index >= 15 is 0 Å². The van der Waals surface area contributed by atoms with Crippen LogP contribution in [0.4, 0.5) is 4.39 Å². The van der Waals surface area contributed by atoms with Gasteiger partial charge < -0.3 is 15.3 Å². The van der Waals surface area contributed by atoms with Crippen molar-refractivity contribution in [2.24, 2.45) is 0 Å². The van der Waals surface area contributed by atoms with Crippen molar-refractivity contribution in [2.75, 3.05) is 13.1 Å². The topological polar surface area (TPSA) is 69.6 Å². The lowest BCUT2D eigenvalue weighted by Crippen LogP contribution is -2.56. The molecule has 0 spiro atoms. The Kier molecular flexibility index (Phi) is 3.69. The number of halogens is 1. The number of nitrogens with zero attached hydrogens (tertiary/aromatic N) is 1. The minimum Gasteiger partial charge on any atom is -0.507 e. The zero-order valence-corrected chi connectivity index (χ0v) is 10.5. The van der Waals surface area contributed by atoms with Crippen LogP contribution in [0.25, 0.3) is 0 Å². The number of amides is 2. The minimum atomic E-state index is -0.613. The minimum absolute atomic E-state index is 0.00884. The van der Waals surface area contributed by atoms with Crippen molar-refractivity contribution in [3.05, 3.63) is 29.6 Å². The van der Waals surface area contributed by atoms with Crippen molar-refractivity contribution in [2.45, 2.75) is 19.4 Å². The summed E-state index contributed by atoms with van der Waals surface area (Å²) < 4.78 is 12.9. The number of rotatable bonds is 2. The van der Waals surface area contributed by atoms with Gasteiger partial charge in [-0.1, -0.05) is 6.92 Å². The number of hydrogen-bond donors (Lipinski definition) is 2. The van der Waals surface area contributed by atoms with E-state index in [9.17, 15) is 19.1 Å². The normalized spacial score (nSPS) is 19.2. The van der Waals surface area contributed by atoms with E-state index in [0.29, 0.717) is 19.5 Å². The van der Waals surface area contributed by atoms with Crippen LogP contribution in [0.2, 0.25) is 0 Å². The SMILES string of the molecule is CCC1C(=O)NCCN1C(=O)c1ccc(F)cc1O. The van der Waals surface area contributed by atoms with Crippen molar-refractivity contribution < 1.29 is 19.1 Å². The molecule has 0 radical (unpaired) electrons. The van der Waals surface area contributed by atoms with E-state index in [1.54, 1.807) is 6.92 Å². The average Bonchev–Trinajstić information content (AvgIpc) is 2.37. The number of phenolic OH excluding ortho intramolecular Hbond substituents is 1. The van der Waals surface area contributed by atoms with Crippen LogP contribution in [0, 0.1) is 5.82 Å². The van der Waals surface area contributed by atoms with Crippen molar-refractivity contribution in [3.63, 3.8) is 0 Å². The Morgan fingerprint density at radius 1 is 1.58 bits per heavy atom. The van der Waals surface area contributed by atoms with Gasteiger partial charge in [-0.25, -0.2) is 4.39 Å². The van der Waals surface area contributed by atoms with Crippen LogP contribution in [0.5, 0.6) is 5.75 Å². The number of piperazine rings is 1. The van der Waals surface area contributed by atoms with Gasteiger partial charge >= 0.3 is 0 Å². The summed E-state index contributed by atoms with van der Waals surface area (Å²) in [5.41, 5.74) is 0.00884. The van der Waals surface area contributed by atoms with Crippen LogP contribution in [-0.2, 0) is 4.79 Å². The van der Waals surface area contributed by atoms with Gasteiger partial charge in [-0.05, 0) is 18.6 Å². The molecule has 1 atom stereocenters. The molecule has 2 N–H and O–H groups in total. The molecule has 1 aromatic carbocycles. The van der Waals surface area contributed by atoms with Gasteiger partial charge in [0.25, 0.3) is 5.91 Å². The standard InChI is InChI=1S/C13H15FN2O3/c1-2-10-12(18)15-5-6-16(10)13(19)9-4-3-8(14)7-11(9)17/h3-4,7,10,17H,2,5-6H2,1H3,(H,15,18). The monoisotopic (exact) mass is 266 g/mol. The van der Waals surface area contributed by atoms with Crippen molar-refractivity contribution in [3.8, 4) is 5.75 Å². The van der Waals surface area contributed by atoms with Gasteiger partial charge in [0, 0.05) is 19.2 Å². The largest absolute Gasteiger partial charge is 0.507 e. The predicted octanol–water partition coefficient (Wildman–Crippen LogP) is 0.882. The molecule has 2 amide bonds. The molecule has 0 aliphatic carbocycles. The zero-order chi connectivity index (χ0) is 14.0. The van der Waals surface area contributed by atoms with Crippen LogP contribution in [0.3, 0.4) is 0 Å². The van der Waals surface area contributed by atoms with Crippen LogP contribution >= 0.6 is 0 Å². The summed E-state index contributed by atoms with van der Waals surface area (Å²) in [5, 5.41) is 12.3. The first-order valence-corrected chi connectivity index (χ1v) is 6.11. The Balaban J connectivity index is 2.29. The first-order chi connectivity index (χ1) is 9.04. The van der Waals surface area contributed by atoms with Crippen LogP contribution in [-0.4, -0.2) is 41.0 Å². The highest BCUT2D eigenvalue weighted by molar-refractivity contribution is 6.00. The molecular weight excluding hydrogens is 251 g/mol. The lowest BCUT2D eigenvalue weighted by atomic mass is 10.1. The summed E-state index contributed by atoms with van der Waals surface area (Å²) in [5.74, 6) is -1.69. The molecule has 2 rings (SSSR count). The van der Waals surface area contributed by atoms with E-state index < -0.39 is 23.5 Å². The maximum atomic E-state index is 12.9. The quantitative estimate of drug-likeness (QED) is 0.835. The fraction of sp³-hybridized carbons (Fsp3) is 0.385. The number of aromatic hydroxyl groups is 1. The van der Waals surface area contributed by atoms with E-state index in [-0.39, 0.29) is 11.5 Å². The van der Waals surface area contributed by atoms with Gasteiger partial charge in [0.05, 0.1) is 5.56 Å². The highest BCUT2D eigenvalue weighted by atomic mass is 19.1. The molecule has 1 unspecified atom stereocenters. The van der Waals surface area contributed by atoms with E-state index in [1.165, 1.54) is 11.0 Å². The fourth-order valence-electron chi connectivity index (χ4n) is 2.20. The molecule has 102 valence electrons. The molecular formula is C13H15FN2O3. The van der Waals surface area contributed by atoms with Gasteiger partial charge in [0.15, 0.2) is 0 Å². The first-order valence-electron chi connectivity index (χ1n) is 6.11. The van der Waals surface area contributed by atoms with Crippen LogP contribution in [0.15, 0.2) is 18.2 Å². The molecule has 0 aromatic heterocycles. The lowest BCUT2D eigenvalue weighted by molar-refractivity contribution is -0.127. The number of nitrogens with one attached hydrogen (secondary N) is 1. The summed E-state index contributed by atoms with van der Waals surface area (Å²) in [6.07, 6.45) is 0.486. The Labute approximate surface area is 110 Å². The molecule has 1 aliphatic rings. The Bertz CT molecular complexity index is 519. The molecule has 1 aliphatic heterocycles. The summed E-state index contributed by atoms with van der Waals surface area (Å²) in [6.45, 7) is 2.56. The smallest absolute Gasteiger partial charge is 0.258 e. The summed E-state index contributed by atoms with van der Waals surface area (Å²) >= 11 is 0.